The van der Waals surface area contributed by atoms with Crippen LogP contribution in [-0.4, -0.2) is 15.0 Å². The number of benzene rings is 12. The van der Waals surface area contributed by atoms with Crippen molar-refractivity contribution in [3.8, 4) is 56.4 Å². The largest absolute Gasteiger partial charge is 0.455 e. The van der Waals surface area contributed by atoms with Gasteiger partial charge in [-0.05, 0) is 100 Å². The molecule has 2 aromatic heterocycles. The Bertz CT molecular complexity index is 4430. The molecule has 0 amide bonds. The molecule has 4 nitrogen and oxygen atoms in total. The molecule has 0 radical (unpaired) electrons. The van der Waals surface area contributed by atoms with Gasteiger partial charge < -0.3 is 4.42 Å². The van der Waals surface area contributed by atoms with Crippen molar-refractivity contribution < 1.29 is 4.42 Å². The molecule has 4 heteroatoms. The maximum absolute atomic E-state index is 7.17. The second kappa shape index (κ2) is 15.8. The van der Waals surface area contributed by atoms with Crippen LogP contribution in [0.2, 0.25) is 0 Å². The molecule has 0 spiro atoms. The van der Waals surface area contributed by atoms with Gasteiger partial charge >= 0.3 is 0 Å². The summed E-state index contributed by atoms with van der Waals surface area (Å²) < 4.78 is 7.17. The zero-order chi connectivity index (χ0) is 47.3. The summed E-state index contributed by atoms with van der Waals surface area (Å²) in [6.07, 6.45) is 0. The highest BCUT2D eigenvalue weighted by Gasteiger charge is 2.48. The molecule has 0 unspecified atom stereocenters. The molecule has 0 saturated heterocycles. The molecule has 12 aromatic carbocycles. The molecule has 2 heterocycles. The van der Waals surface area contributed by atoms with Gasteiger partial charge in [-0.2, -0.15) is 0 Å². The predicted molar refractivity (Wildman–Crippen MR) is 296 cm³/mol. The van der Waals surface area contributed by atoms with Crippen LogP contribution in [0.25, 0.3) is 121 Å². The lowest BCUT2D eigenvalue weighted by Crippen LogP contribution is -2.28. The van der Waals surface area contributed by atoms with Gasteiger partial charge in [0.1, 0.15) is 11.2 Å². The summed E-state index contributed by atoms with van der Waals surface area (Å²) >= 11 is 0. The summed E-state index contributed by atoms with van der Waals surface area (Å²) in [6, 6.07) is 89.1. The summed E-state index contributed by atoms with van der Waals surface area (Å²) in [5.41, 5.74) is 12.6. The van der Waals surface area contributed by atoms with E-state index in [4.69, 9.17) is 19.4 Å². The number of nitrogens with zero attached hydrogens (tertiary/aromatic N) is 3. The quantitative estimate of drug-likeness (QED) is 0.156. The van der Waals surface area contributed by atoms with Gasteiger partial charge in [-0.3, -0.25) is 0 Å². The van der Waals surface area contributed by atoms with Crippen LogP contribution in [0.1, 0.15) is 22.3 Å². The van der Waals surface area contributed by atoms with Gasteiger partial charge in [-0.15, -0.1) is 0 Å². The van der Waals surface area contributed by atoms with Crippen LogP contribution in [0.3, 0.4) is 0 Å². The first kappa shape index (κ1) is 40.4. The van der Waals surface area contributed by atoms with E-state index in [2.05, 4.69) is 243 Å². The number of hydrogen-bond donors (Lipinski definition) is 0. The second-order valence-corrected chi connectivity index (χ2v) is 18.9. The van der Waals surface area contributed by atoms with Crippen LogP contribution < -0.4 is 0 Å². The monoisotopic (exact) mass is 915 g/mol. The molecule has 0 fully saturated rings. The highest BCUT2D eigenvalue weighted by Crippen LogP contribution is 2.60. The molecule has 334 valence electrons. The Balaban J connectivity index is 1.07. The molecular weight excluding hydrogens is 875 g/mol. The number of rotatable bonds is 6. The Labute approximate surface area is 415 Å². The van der Waals surface area contributed by atoms with Crippen molar-refractivity contribution in [3.63, 3.8) is 0 Å². The van der Waals surface area contributed by atoms with E-state index in [1.807, 2.05) is 6.07 Å². The minimum atomic E-state index is -0.693. The van der Waals surface area contributed by atoms with E-state index in [9.17, 15) is 0 Å². The van der Waals surface area contributed by atoms with Crippen molar-refractivity contribution in [2.75, 3.05) is 0 Å². The molecule has 14 aromatic rings. The number of hydrogen-bond acceptors (Lipinski definition) is 4. The van der Waals surface area contributed by atoms with Gasteiger partial charge in [0, 0.05) is 33.0 Å². The lowest BCUT2D eigenvalue weighted by molar-refractivity contribution is 0.669. The fourth-order valence-electron chi connectivity index (χ4n) is 12.1. The Morgan fingerprint density at radius 2 is 0.819 bits per heavy atom. The molecule has 72 heavy (non-hydrogen) atoms. The van der Waals surface area contributed by atoms with Crippen molar-refractivity contribution in [2.24, 2.45) is 0 Å². The fraction of sp³-hybridized carbons (Fsp3) is 0.0147. The SMILES string of the molecule is c1ccc(-c2ccccc2-c2nc(-c3ccc4ccc5c6ccccc6c6ccccc6c5c4c3)nc(-c3cc4c(c5oc6ccccc6c35)-c3ccccc3C4(c3ccccc3)c3ccccc3)n2)cc1. The normalized spacial score (nSPS) is 12.8. The van der Waals surface area contributed by atoms with E-state index >= 15 is 0 Å². The summed E-state index contributed by atoms with van der Waals surface area (Å²) in [4.78, 5) is 16.8. The average Bonchev–Trinajstić information content (AvgIpc) is 4.00. The fourth-order valence-corrected chi connectivity index (χ4v) is 12.1. The second-order valence-electron chi connectivity index (χ2n) is 18.9. The van der Waals surface area contributed by atoms with Gasteiger partial charge in [0.25, 0.3) is 0 Å². The number of fused-ring (bicyclic) bond motifs is 15. The highest BCUT2D eigenvalue weighted by molar-refractivity contribution is 6.31. The standard InChI is InChI=1S/C68H41N3O/c1-4-20-42(21-5-1)47-26-10-15-31-53(47)66-69-65(44-37-36-43-38-39-52-50-29-12-11-27-48(50)49-28-13-14-30-51(49)61(52)56(43)40-44)70-67(71-66)57-41-59-63(64-62(57)55-33-17-19-35-60(55)72-64)54-32-16-18-34-58(54)68(59,45-22-6-2-7-23-45)46-24-8-3-9-25-46/h1-41H. The number of para-hydroxylation sites is 1. The lowest BCUT2D eigenvalue weighted by Gasteiger charge is -2.34. The van der Waals surface area contributed by atoms with Crippen molar-refractivity contribution in [1.82, 2.24) is 15.0 Å². The van der Waals surface area contributed by atoms with E-state index in [0.29, 0.717) is 17.5 Å². The van der Waals surface area contributed by atoms with Crippen LogP contribution in [-0.2, 0) is 5.41 Å². The van der Waals surface area contributed by atoms with E-state index < -0.39 is 5.41 Å². The summed E-state index contributed by atoms with van der Waals surface area (Å²) in [5, 5.41) is 11.6. The third-order valence-electron chi connectivity index (χ3n) is 15.2. The maximum Gasteiger partial charge on any atom is 0.164 e. The lowest BCUT2D eigenvalue weighted by atomic mass is 9.67. The molecule has 1 aliphatic rings. The topological polar surface area (TPSA) is 51.8 Å². The number of aromatic nitrogens is 3. The third-order valence-corrected chi connectivity index (χ3v) is 15.2. The molecule has 0 N–H and O–H groups in total. The minimum absolute atomic E-state index is 0.567. The Hall–Kier alpha value is -9.51. The average molecular weight is 916 g/mol. The van der Waals surface area contributed by atoms with Crippen LogP contribution in [0.5, 0.6) is 0 Å². The van der Waals surface area contributed by atoms with Crippen molar-refractivity contribution in [1.29, 1.82) is 0 Å². The zero-order valence-corrected chi connectivity index (χ0v) is 38.9. The maximum atomic E-state index is 7.17. The third kappa shape index (κ3) is 5.84. The molecular formula is C68H41N3O. The van der Waals surface area contributed by atoms with Gasteiger partial charge in [-0.1, -0.05) is 231 Å². The Morgan fingerprint density at radius 3 is 1.53 bits per heavy atom. The molecule has 0 atom stereocenters. The van der Waals surface area contributed by atoms with Crippen molar-refractivity contribution >= 4 is 65.0 Å². The van der Waals surface area contributed by atoms with Crippen molar-refractivity contribution in [3.05, 3.63) is 271 Å². The smallest absolute Gasteiger partial charge is 0.164 e. The van der Waals surface area contributed by atoms with Crippen LogP contribution >= 0.6 is 0 Å². The summed E-state index contributed by atoms with van der Waals surface area (Å²) in [6.45, 7) is 0. The molecule has 1 aliphatic carbocycles. The first-order chi connectivity index (χ1) is 35.7. The van der Waals surface area contributed by atoms with E-state index in [0.717, 1.165) is 77.2 Å². The minimum Gasteiger partial charge on any atom is -0.455 e. The number of furan rings is 1. The first-order valence-corrected chi connectivity index (χ1v) is 24.6. The van der Waals surface area contributed by atoms with Crippen LogP contribution in [0, 0.1) is 0 Å². The zero-order valence-electron chi connectivity index (χ0n) is 38.9. The molecule has 0 saturated carbocycles. The highest BCUT2D eigenvalue weighted by atomic mass is 16.3. The van der Waals surface area contributed by atoms with Crippen molar-refractivity contribution in [2.45, 2.75) is 5.41 Å². The van der Waals surface area contributed by atoms with Gasteiger partial charge in [0.15, 0.2) is 17.5 Å². The Kier molecular flexibility index (Phi) is 8.84. The molecule has 15 rings (SSSR count). The summed E-state index contributed by atoms with van der Waals surface area (Å²) in [7, 11) is 0. The predicted octanol–water partition coefficient (Wildman–Crippen LogP) is 17.4. The summed E-state index contributed by atoms with van der Waals surface area (Å²) in [5.74, 6) is 1.74. The van der Waals surface area contributed by atoms with Gasteiger partial charge in [0.05, 0.1) is 5.41 Å². The van der Waals surface area contributed by atoms with E-state index in [-0.39, 0.29) is 0 Å². The molecule has 0 aliphatic heterocycles. The van der Waals surface area contributed by atoms with Crippen LogP contribution in [0.4, 0.5) is 0 Å². The van der Waals surface area contributed by atoms with Crippen LogP contribution in [0.15, 0.2) is 253 Å². The molecule has 0 bridgehead atoms. The van der Waals surface area contributed by atoms with Gasteiger partial charge in [-0.25, -0.2) is 15.0 Å². The Morgan fingerprint density at radius 1 is 0.306 bits per heavy atom. The van der Waals surface area contributed by atoms with E-state index in [1.54, 1.807) is 0 Å². The van der Waals surface area contributed by atoms with E-state index in [1.165, 1.54) is 49.0 Å². The van der Waals surface area contributed by atoms with Gasteiger partial charge in [0.2, 0.25) is 0 Å². The first-order valence-electron chi connectivity index (χ1n) is 24.6.